The smallest absolute Gasteiger partial charge is 0.176 e. The molecule has 0 saturated heterocycles. The fourth-order valence-corrected chi connectivity index (χ4v) is 3.65. The van der Waals surface area contributed by atoms with Crippen molar-refractivity contribution in [3.05, 3.63) is 59.7 Å². The fraction of sp³-hybridized carbons (Fsp3) is 0.278. The second-order valence-corrected chi connectivity index (χ2v) is 6.46. The minimum absolute atomic E-state index is 0.178. The molecule has 0 N–H and O–H groups in total. The Kier molecular flexibility index (Phi) is 4.80. The Morgan fingerprint density at radius 2 is 2.05 bits per heavy atom. The monoisotopic (exact) mass is 313 g/mol. The lowest BCUT2D eigenvalue weighted by Gasteiger charge is -2.19. The van der Waals surface area contributed by atoms with Gasteiger partial charge in [-0.3, -0.25) is 9.69 Å². The molecule has 0 aliphatic carbocycles. The fourth-order valence-electron chi connectivity index (χ4n) is 2.61. The number of carbonyl (C=O) groups is 1. The third-order valence-electron chi connectivity index (χ3n) is 3.79. The number of Topliss-reactive ketones (excluding diaryl/α,β-unsaturated/α-hetero) is 1. The lowest BCUT2D eigenvalue weighted by atomic mass is 10.1. The number of carbonyl (C=O) groups excluding carboxylic acids is 1. The molecular formula is C18H19NO2S. The van der Waals surface area contributed by atoms with E-state index in [2.05, 4.69) is 17.0 Å². The van der Waals surface area contributed by atoms with Crippen LogP contribution in [0.5, 0.6) is 5.75 Å². The first-order chi connectivity index (χ1) is 10.8. The molecule has 2 aromatic rings. The summed E-state index contributed by atoms with van der Waals surface area (Å²) >= 11 is 1.85. The van der Waals surface area contributed by atoms with E-state index in [1.165, 1.54) is 10.5 Å². The van der Waals surface area contributed by atoms with E-state index in [0.29, 0.717) is 6.54 Å². The number of thioether (sulfide) groups is 1. The molecular weight excluding hydrogens is 294 g/mol. The first-order valence-electron chi connectivity index (χ1n) is 7.36. The molecule has 0 fully saturated rings. The highest BCUT2D eigenvalue weighted by atomic mass is 32.2. The summed E-state index contributed by atoms with van der Waals surface area (Å²) in [7, 11) is 1.68. The lowest BCUT2D eigenvalue weighted by molar-refractivity contribution is 0.0930. The summed E-state index contributed by atoms with van der Waals surface area (Å²) in [5, 5.41) is 0. The van der Waals surface area contributed by atoms with Gasteiger partial charge in [0, 0.05) is 29.3 Å². The molecule has 3 nitrogen and oxygen atoms in total. The normalized spacial score (nSPS) is 15.0. The summed E-state index contributed by atoms with van der Waals surface area (Å²) in [5.74, 6) is 2.05. The highest BCUT2D eigenvalue weighted by Gasteiger charge is 2.18. The molecule has 0 radical (unpaired) electrons. The third-order valence-corrected chi connectivity index (χ3v) is 4.89. The molecule has 22 heavy (non-hydrogen) atoms. The van der Waals surface area contributed by atoms with Crippen LogP contribution in [0.4, 0.5) is 0 Å². The topological polar surface area (TPSA) is 29.5 Å². The van der Waals surface area contributed by atoms with Gasteiger partial charge in [-0.15, -0.1) is 11.8 Å². The van der Waals surface area contributed by atoms with E-state index < -0.39 is 0 Å². The Hall–Kier alpha value is -1.78. The summed E-state index contributed by atoms with van der Waals surface area (Å²) in [6.45, 7) is 2.17. The second kappa shape index (κ2) is 6.99. The summed E-state index contributed by atoms with van der Waals surface area (Å²) in [5.41, 5.74) is 2.02. The number of benzene rings is 2. The van der Waals surface area contributed by atoms with E-state index in [0.717, 1.165) is 30.2 Å². The van der Waals surface area contributed by atoms with E-state index >= 15 is 0 Å². The van der Waals surface area contributed by atoms with Crippen molar-refractivity contribution in [2.75, 3.05) is 26.0 Å². The number of ketones is 1. The Balaban J connectivity index is 1.74. The Morgan fingerprint density at radius 3 is 2.82 bits per heavy atom. The van der Waals surface area contributed by atoms with Crippen LogP contribution in [0.25, 0.3) is 0 Å². The number of ether oxygens (including phenoxy) is 1. The molecule has 1 aliphatic rings. The number of hydrogen-bond donors (Lipinski definition) is 0. The van der Waals surface area contributed by atoms with Crippen LogP contribution in [-0.2, 0) is 6.54 Å². The average molecular weight is 313 g/mol. The zero-order valence-electron chi connectivity index (χ0n) is 12.6. The van der Waals surface area contributed by atoms with Crippen LogP contribution < -0.4 is 4.74 Å². The van der Waals surface area contributed by atoms with Crippen molar-refractivity contribution in [3.8, 4) is 5.75 Å². The predicted molar refractivity (Wildman–Crippen MR) is 89.8 cm³/mol. The van der Waals surface area contributed by atoms with Crippen molar-refractivity contribution < 1.29 is 9.53 Å². The Labute approximate surface area is 135 Å². The quantitative estimate of drug-likeness (QED) is 0.808. The average Bonchev–Trinajstić information content (AvgIpc) is 2.76. The highest BCUT2D eigenvalue weighted by molar-refractivity contribution is 7.99. The molecule has 4 heteroatoms. The summed E-state index contributed by atoms with van der Waals surface area (Å²) in [6.07, 6.45) is 0. The molecule has 114 valence electrons. The van der Waals surface area contributed by atoms with E-state index in [1.807, 2.05) is 48.2 Å². The van der Waals surface area contributed by atoms with Crippen molar-refractivity contribution in [2.24, 2.45) is 0 Å². The van der Waals surface area contributed by atoms with E-state index in [4.69, 9.17) is 4.74 Å². The number of hydrogen-bond acceptors (Lipinski definition) is 4. The van der Waals surface area contributed by atoms with Crippen LogP contribution in [0.15, 0.2) is 53.4 Å². The minimum Gasteiger partial charge on any atom is -0.497 e. The molecule has 0 amide bonds. The molecule has 0 aromatic heterocycles. The zero-order valence-corrected chi connectivity index (χ0v) is 13.4. The van der Waals surface area contributed by atoms with Crippen LogP contribution in [-0.4, -0.2) is 36.6 Å². The molecule has 3 rings (SSSR count). The Bertz CT molecular complexity index is 657. The van der Waals surface area contributed by atoms with Crippen LogP contribution in [0.1, 0.15) is 15.9 Å². The van der Waals surface area contributed by atoms with Gasteiger partial charge in [-0.05, 0) is 23.8 Å². The van der Waals surface area contributed by atoms with Gasteiger partial charge in [0.25, 0.3) is 0 Å². The number of fused-ring (bicyclic) bond motifs is 1. The molecule has 1 heterocycles. The van der Waals surface area contributed by atoms with Crippen LogP contribution >= 0.6 is 11.8 Å². The van der Waals surface area contributed by atoms with Gasteiger partial charge in [0.2, 0.25) is 0 Å². The third kappa shape index (κ3) is 3.51. The van der Waals surface area contributed by atoms with Crippen molar-refractivity contribution in [1.82, 2.24) is 4.90 Å². The largest absolute Gasteiger partial charge is 0.497 e. The summed E-state index contributed by atoms with van der Waals surface area (Å²) < 4.78 is 5.31. The van der Waals surface area contributed by atoms with Crippen LogP contribution in [0.3, 0.4) is 0 Å². The lowest BCUT2D eigenvalue weighted by Crippen LogP contribution is -2.30. The van der Waals surface area contributed by atoms with Crippen molar-refractivity contribution in [3.63, 3.8) is 0 Å². The minimum atomic E-state index is 0.178. The number of rotatable bonds is 4. The molecule has 0 spiro atoms. The second-order valence-electron chi connectivity index (χ2n) is 5.32. The van der Waals surface area contributed by atoms with E-state index in [1.54, 1.807) is 7.11 Å². The van der Waals surface area contributed by atoms with Crippen molar-refractivity contribution >= 4 is 17.5 Å². The summed E-state index contributed by atoms with van der Waals surface area (Å²) in [6, 6.07) is 15.7. The maximum absolute atomic E-state index is 12.4. The van der Waals surface area contributed by atoms with Gasteiger partial charge in [-0.1, -0.05) is 30.3 Å². The summed E-state index contributed by atoms with van der Waals surface area (Å²) in [4.78, 5) is 15.9. The maximum Gasteiger partial charge on any atom is 0.176 e. The van der Waals surface area contributed by atoms with Gasteiger partial charge in [-0.2, -0.15) is 0 Å². The Morgan fingerprint density at radius 1 is 1.23 bits per heavy atom. The number of nitrogens with zero attached hydrogens (tertiary/aromatic N) is 1. The van der Waals surface area contributed by atoms with E-state index in [-0.39, 0.29) is 5.78 Å². The molecule has 0 atom stereocenters. The van der Waals surface area contributed by atoms with Crippen LogP contribution in [0.2, 0.25) is 0 Å². The first kappa shape index (κ1) is 15.1. The van der Waals surface area contributed by atoms with Crippen molar-refractivity contribution in [1.29, 1.82) is 0 Å². The van der Waals surface area contributed by atoms with Gasteiger partial charge in [0.15, 0.2) is 5.78 Å². The van der Waals surface area contributed by atoms with Gasteiger partial charge < -0.3 is 4.74 Å². The molecule has 2 aromatic carbocycles. The maximum atomic E-state index is 12.4. The van der Waals surface area contributed by atoms with E-state index in [9.17, 15) is 4.79 Å². The van der Waals surface area contributed by atoms with Gasteiger partial charge in [0.1, 0.15) is 5.75 Å². The molecule has 1 aliphatic heterocycles. The van der Waals surface area contributed by atoms with Gasteiger partial charge in [0.05, 0.1) is 13.7 Å². The highest BCUT2D eigenvalue weighted by Crippen LogP contribution is 2.30. The SMILES string of the molecule is COc1ccc2c(c1)CN(CC(=O)c1ccccc1)CCS2. The predicted octanol–water partition coefficient (Wildman–Crippen LogP) is 3.49. The van der Waals surface area contributed by atoms with Crippen LogP contribution in [0, 0.1) is 0 Å². The number of methoxy groups -OCH3 is 1. The molecule has 0 bridgehead atoms. The van der Waals surface area contributed by atoms with Gasteiger partial charge in [-0.25, -0.2) is 0 Å². The molecule has 0 saturated carbocycles. The first-order valence-corrected chi connectivity index (χ1v) is 8.35. The molecule has 0 unspecified atom stereocenters. The van der Waals surface area contributed by atoms with Crippen molar-refractivity contribution in [2.45, 2.75) is 11.4 Å². The zero-order chi connectivity index (χ0) is 15.4. The standard InChI is InChI=1S/C18H19NO2S/c1-21-16-7-8-18-15(11-16)12-19(9-10-22-18)13-17(20)14-5-3-2-4-6-14/h2-8,11H,9-10,12-13H2,1H3. The van der Waals surface area contributed by atoms with Gasteiger partial charge >= 0.3 is 0 Å².